The second-order valence-corrected chi connectivity index (χ2v) is 5.55. The lowest BCUT2D eigenvalue weighted by Crippen LogP contribution is -2.08. The van der Waals surface area contributed by atoms with Gasteiger partial charge in [0.05, 0.1) is 12.8 Å². The van der Waals surface area contributed by atoms with Crippen LogP contribution in [-0.4, -0.2) is 13.0 Å². The predicted octanol–water partition coefficient (Wildman–Crippen LogP) is 4.17. The van der Waals surface area contributed by atoms with E-state index in [2.05, 4.69) is 21.2 Å². The maximum absolute atomic E-state index is 11.8. The van der Waals surface area contributed by atoms with Gasteiger partial charge < -0.3 is 10.1 Å². The van der Waals surface area contributed by atoms with Crippen LogP contribution >= 0.6 is 27.3 Å². The van der Waals surface area contributed by atoms with Gasteiger partial charge in [0.25, 0.3) is 0 Å². The molecule has 0 radical (unpaired) electrons. The smallest absolute Gasteiger partial charge is 0.248 e. The van der Waals surface area contributed by atoms with Crippen LogP contribution in [0.5, 0.6) is 5.75 Å². The first-order chi connectivity index (χ1) is 9.19. The Labute approximate surface area is 124 Å². The summed E-state index contributed by atoms with van der Waals surface area (Å²) in [4.78, 5) is 12.8. The Morgan fingerprint density at radius 1 is 1.42 bits per heavy atom. The molecule has 0 saturated carbocycles. The third-order valence-corrected chi connectivity index (χ3v) is 4.01. The van der Waals surface area contributed by atoms with Crippen LogP contribution < -0.4 is 10.1 Å². The van der Waals surface area contributed by atoms with Gasteiger partial charge in [-0.1, -0.05) is 12.1 Å². The van der Waals surface area contributed by atoms with Crippen molar-refractivity contribution < 1.29 is 9.53 Å². The largest absolute Gasteiger partial charge is 0.495 e. The fourth-order valence-corrected chi connectivity index (χ4v) is 2.83. The lowest BCUT2D eigenvalue weighted by atomic mass is 10.3. The first kappa shape index (κ1) is 13.8. The maximum Gasteiger partial charge on any atom is 0.248 e. The molecule has 0 bridgehead atoms. The van der Waals surface area contributed by atoms with Crippen molar-refractivity contribution in [3.63, 3.8) is 0 Å². The molecule has 0 spiro atoms. The first-order valence-electron chi connectivity index (χ1n) is 5.55. The van der Waals surface area contributed by atoms with Crippen molar-refractivity contribution in [2.45, 2.75) is 0 Å². The molecule has 1 heterocycles. The Morgan fingerprint density at radius 3 is 2.89 bits per heavy atom. The van der Waals surface area contributed by atoms with Gasteiger partial charge in [-0.15, -0.1) is 11.3 Å². The third-order valence-electron chi connectivity index (χ3n) is 2.35. The second-order valence-electron chi connectivity index (χ2n) is 3.69. The monoisotopic (exact) mass is 337 g/mol. The van der Waals surface area contributed by atoms with Gasteiger partial charge in [-0.2, -0.15) is 0 Å². The van der Waals surface area contributed by atoms with E-state index in [4.69, 9.17) is 4.74 Å². The number of ether oxygens (including phenoxy) is 1. The number of thiophene rings is 1. The Morgan fingerprint density at radius 2 is 2.21 bits per heavy atom. The van der Waals surface area contributed by atoms with E-state index in [9.17, 15) is 4.79 Å². The highest BCUT2D eigenvalue weighted by Gasteiger charge is 2.03. The number of nitrogens with one attached hydrogen (secondary N) is 1. The van der Waals surface area contributed by atoms with Gasteiger partial charge in [-0.25, -0.2) is 0 Å². The van der Waals surface area contributed by atoms with E-state index in [1.165, 1.54) is 6.08 Å². The summed E-state index contributed by atoms with van der Waals surface area (Å²) < 4.78 is 6.19. The van der Waals surface area contributed by atoms with Crippen molar-refractivity contribution >= 4 is 44.9 Å². The zero-order valence-corrected chi connectivity index (χ0v) is 12.6. The van der Waals surface area contributed by atoms with Crippen molar-refractivity contribution in [2.24, 2.45) is 0 Å². The second kappa shape index (κ2) is 6.54. The van der Waals surface area contributed by atoms with Crippen LogP contribution in [0.1, 0.15) is 4.88 Å². The van der Waals surface area contributed by atoms with Crippen molar-refractivity contribution in [1.29, 1.82) is 0 Å². The summed E-state index contributed by atoms with van der Waals surface area (Å²) in [6, 6.07) is 9.26. The van der Waals surface area contributed by atoms with Crippen LogP contribution in [0.15, 0.2) is 46.3 Å². The number of halogens is 1. The van der Waals surface area contributed by atoms with E-state index in [-0.39, 0.29) is 5.91 Å². The molecule has 2 aromatic rings. The van der Waals surface area contributed by atoms with Gasteiger partial charge in [-0.05, 0) is 40.2 Å². The first-order valence-corrected chi connectivity index (χ1v) is 7.22. The van der Waals surface area contributed by atoms with E-state index < -0.39 is 0 Å². The summed E-state index contributed by atoms with van der Waals surface area (Å²) >= 11 is 4.94. The summed E-state index contributed by atoms with van der Waals surface area (Å²) in [5, 5.41) is 4.75. The molecular formula is C14H12BrNO2S. The highest BCUT2D eigenvalue weighted by Crippen LogP contribution is 2.23. The molecule has 0 aliphatic rings. The Hall–Kier alpha value is -1.59. The zero-order chi connectivity index (χ0) is 13.7. The number of para-hydroxylation sites is 2. The van der Waals surface area contributed by atoms with E-state index >= 15 is 0 Å². The minimum absolute atomic E-state index is 0.186. The fraction of sp³-hybridized carbons (Fsp3) is 0.0714. The molecule has 1 aromatic carbocycles. The van der Waals surface area contributed by atoms with Gasteiger partial charge in [0, 0.05) is 20.8 Å². The Kier molecular flexibility index (Phi) is 4.76. The number of benzene rings is 1. The summed E-state index contributed by atoms with van der Waals surface area (Å²) in [7, 11) is 1.57. The SMILES string of the molecule is COc1ccccc1NC(=O)/C=C/c1cc(Br)cs1. The van der Waals surface area contributed by atoms with Crippen LogP contribution in [0, 0.1) is 0 Å². The molecule has 0 unspecified atom stereocenters. The molecule has 0 fully saturated rings. The Bertz CT molecular complexity index is 607. The van der Waals surface area contributed by atoms with Crippen LogP contribution in [-0.2, 0) is 4.79 Å². The molecule has 1 aromatic heterocycles. The molecule has 19 heavy (non-hydrogen) atoms. The normalized spacial score (nSPS) is 10.6. The van der Waals surface area contributed by atoms with Gasteiger partial charge >= 0.3 is 0 Å². The molecule has 2 rings (SSSR count). The minimum Gasteiger partial charge on any atom is -0.495 e. The number of hydrogen-bond donors (Lipinski definition) is 1. The van der Waals surface area contributed by atoms with E-state index in [0.717, 1.165) is 9.35 Å². The zero-order valence-electron chi connectivity index (χ0n) is 10.2. The summed E-state index contributed by atoms with van der Waals surface area (Å²) in [5.41, 5.74) is 0.659. The van der Waals surface area contributed by atoms with Crippen molar-refractivity contribution in [2.75, 3.05) is 12.4 Å². The summed E-state index contributed by atoms with van der Waals surface area (Å²) in [5.74, 6) is 0.456. The maximum atomic E-state index is 11.8. The van der Waals surface area contributed by atoms with Gasteiger partial charge in [0.1, 0.15) is 5.75 Å². The standard InChI is InChI=1S/C14H12BrNO2S/c1-18-13-5-3-2-4-12(13)16-14(17)7-6-11-8-10(15)9-19-11/h2-9H,1H3,(H,16,17)/b7-6+. The lowest BCUT2D eigenvalue weighted by Gasteiger charge is -2.07. The number of amides is 1. The molecule has 0 atom stereocenters. The van der Waals surface area contributed by atoms with Gasteiger partial charge in [-0.3, -0.25) is 4.79 Å². The minimum atomic E-state index is -0.186. The number of carbonyl (C=O) groups is 1. The number of methoxy groups -OCH3 is 1. The molecule has 5 heteroatoms. The summed E-state index contributed by atoms with van der Waals surface area (Å²) in [6.45, 7) is 0. The van der Waals surface area contributed by atoms with Crippen LogP contribution in [0.4, 0.5) is 5.69 Å². The van der Waals surface area contributed by atoms with E-state index in [1.54, 1.807) is 36.7 Å². The van der Waals surface area contributed by atoms with Gasteiger partial charge in [0.15, 0.2) is 0 Å². The summed E-state index contributed by atoms with van der Waals surface area (Å²) in [6.07, 6.45) is 3.28. The highest BCUT2D eigenvalue weighted by molar-refractivity contribution is 9.10. The molecule has 98 valence electrons. The van der Waals surface area contributed by atoms with E-state index in [0.29, 0.717) is 11.4 Å². The van der Waals surface area contributed by atoms with Crippen LogP contribution in [0.2, 0.25) is 0 Å². The Balaban J connectivity index is 2.03. The third kappa shape index (κ3) is 3.94. The quantitative estimate of drug-likeness (QED) is 0.850. The topological polar surface area (TPSA) is 38.3 Å². The number of rotatable bonds is 4. The van der Waals surface area contributed by atoms with E-state index in [1.807, 2.05) is 23.6 Å². The van der Waals surface area contributed by atoms with Crippen molar-refractivity contribution in [1.82, 2.24) is 0 Å². The fourth-order valence-electron chi connectivity index (χ4n) is 1.50. The van der Waals surface area contributed by atoms with Crippen LogP contribution in [0.25, 0.3) is 6.08 Å². The number of carbonyl (C=O) groups excluding carboxylic acids is 1. The van der Waals surface area contributed by atoms with Crippen molar-refractivity contribution in [3.05, 3.63) is 51.1 Å². The molecule has 3 nitrogen and oxygen atoms in total. The van der Waals surface area contributed by atoms with Gasteiger partial charge in [0.2, 0.25) is 5.91 Å². The van der Waals surface area contributed by atoms with Crippen molar-refractivity contribution in [3.8, 4) is 5.75 Å². The molecule has 1 amide bonds. The van der Waals surface area contributed by atoms with Crippen LogP contribution in [0.3, 0.4) is 0 Å². The lowest BCUT2D eigenvalue weighted by molar-refractivity contribution is -0.111. The molecule has 0 aliphatic carbocycles. The molecular weight excluding hydrogens is 326 g/mol. The number of anilines is 1. The average Bonchev–Trinajstić information content (AvgIpc) is 2.83. The predicted molar refractivity (Wildman–Crippen MR) is 82.7 cm³/mol. The molecule has 1 N–H and O–H groups in total. The molecule has 0 aliphatic heterocycles. The average molecular weight is 338 g/mol. The number of hydrogen-bond acceptors (Lipinski definition) is 3. The highest BCUT2D eigenvalue weighted by atomic mass is 79.9. The molecule has 0 saturated heterocycles.